The first-order valence-electron chi connectivity index (χ1n) is 6.31. The molecule has 0 saturated heterocycles. The fraction of sp³-hybridized carbons (Fsp3) is 0.462. The van der Waals surface area contributed by atoms with E-state index in [1.54, 1.807) is 10.9 Å². The summed E-state index contributed by atoms with van der Waals surface area (Å²) < 4.78 is 1.72. The molecular formula is C13H17N3O3. The lowest BCUT2D eigenvalue weighted by molar-refractivity contribution is -0.147. The fourth-order valence-corrected chi connectivity index (χ4v) is 2.23. The first-order chi connectivity index (χ1) is 9.18. The number of aromatic nitrogens is 2. The predicted octanol–water partition coefficient (Wildman–Crippen LogP) is 0.666. The molecule has 2 rings (SSSR count). The molecule has 1 aliphatic carbocycles. The van der Waals surface area contributed by atoms with Gasteiger partial charge < -0.3 is 10.4 Å². The van der Waals surface area contributed by atoms with Crippen LogP contribution in [-0.4, -0.2) is 33.3 Å². The molecule has 19 heavy (non-hydrogen) atoms. The second-order valence-electron chi connectivity index (χ2n) is 4.55. The highest BCUT2D eigenvalue weighted by Gasteiger charge is 2.33. The van der Waals surface area contributed by atoms with Crippen molar-refractivity contribution in [3.63, 3.8) is 0 Å². The molecule has 1 aliphatic rings. The van der Waals surface area contributed by atoms with Crippen molar-refractivity contribution in [1.29, 1.82) is 0 Å². The van der Waals surface area contributed by atoms with Crippen molar-refractivity contribution >= 4 is 11.9 Å². The van der Waals surface area contributed by atoms with Crippen LogP contribution in [0.25, 0.3) is 0 Å². The predicted molar refractivity (Wildman–Crippen MR) is 68.2 cm³/mol. The Balaban J connectivity index is 1.84. The highest BCUT2D eigenvalue weighted by Crippen LogP contribution is 2.25. The Kier molecular flexibility index (Phi) is 4.33. The van der Waals surface area contributed by atoms with Crippen LogP contribution in [0.5, 0.6) is 0 Å². The zero-order valence-corrected chi connectivity index (χ0v) is 10.5. The van der Waals surface area contributed by atoms with Crippen LogP contribution >= 0.6 is 0 Å². The highest BCUT2D eigenvalue weighted by molar-refractivity contribution is 5.85. The summed E-state index contributed by atoms with van der Waals surface area (Å²) in [5, 5.41) is 15.9. The van der Waals surface area contributed by atoms with Crippen molar-refractivity contribution in [2.75, 3.05) is 6.54 Å². The van der Waals surface area contributed by atoms with Gasteiger partial charge in [0.05, 0.1) is 18.4 Å². The molecule has 6 nitrogen and oxygen atoms in total. The summed E-state index contributed by atoms with van der Waals surface area (Å²) in [4.78, 5) is 23.1. The molecular weight excluding hydrogens is 246 g/mol. The summed E-state index contributed by atoms with van der Waals surface area (Å²) in [6.45, 7) is 1.03. The Morgan fingerprint density at radius 1 is 1.32 bits per heavy atom. The number of carboxylic acid groups (broad SMARTS) is 1. The zero-order valence-electron chi connectivity index (χ0n) is 10.5. The molecule has 1 aromatic heterocycles. The number of amides is 1. The minimum atomic E-state index is -0.906. The molecule has 1 amide bonds. The van der Waals surface area contributed by atoms with Gasteiger partial charge in [-0.15, -0.1) is 0 Å². The first kappa shape index (κ1) is 13.3. The molecule has 1 aromatic rings. The number of aliphatic carboxylic acids is 1. The third-order valence-electron chi connectivity index (χ3n) is 3.29. The molecule has 0 aromatic carbocycles. The van der Waals surface area contributed by atoms with Gasteiger partial charge in [-0.1, -0.05) is 12.2 Å². The molecule has 0 radical (unpaired) electrons. The monoisotopic (exact) mass is 263 g/mol. The van der Waals surface area contributed by atoms with Crippen LogP contribution in [0.3, 0.4) is 0 Å². The number of hydrogen-bond donors (Lipinski definition) is 2. The van der Waals surface area contributed by atoms with Crippen molar-refractivity contribution < 1.29 is 14.7 Å². The van der Waals surface area contributed by atoms with E-state index < -0.39 is 17.8 Å². The van der Waals surface area contributed by atoms with Crippen LogP contribution in [0.1, 0.15) is 12.8 Å². The average molecular weight is 263 g/mol. The average Bonchev–Trinajstić information content (AvgIpc) is 2.91. The Hall–Kier alpha value is -2.11. The quantitative estimate of drug-likeness (QED) is 0.765. The van der Waals surface area contributed by atoms with Crippen molar-refractivity contribution in [2.45, 2.75) is 19.4 Å². The Bertz CT molecular complexity index is 467. The molecule has 0 fully saturated rings. The standard InChI is InChI=1S/C13H17N3O3/c17-12(14-7-9-16-8-3-6-15-16)10-4-1-2-5-11(10)13(18)19/h1-3,6,8,10-11H,4-5,7,9H2,(H,14,17)(H,18,19). The van der Waals surface area contributed by atoms with Crippen LogP contribution in [0.2, 0.25) is 0 Å². The molecule has 0 saturated carbocycles. The molecule has 2 unspecified atom stereocenters. The van der Waals surface area contributed by atoms with Gasteiger partial charge in [0.2, 0.25) is 5.91 Å². The van der Waals surface area contributed by atoms with Gasteiger partial charge in [-0.05, 0) is 18.9 Å². The number of hydrogen-bond acceptors (Lipinski definition) is 3. The minimum Gasteiger partial charge on any atom is -0.481 e. The van der Waals surface area contributed by atoms with Gasteiger partial charge in [0, 0.05) is 18.9 Å². The molecule has 1 heterocycles. The maximum atomic E-state index is 12.0. The molecule has 0 bridgehead atoms. The van der Waals surface area contributed by atoms with E-state index in [4.69, 9.17) is 5.11 Å². The lowest BCUT2D eigenvalue weighted by atomic mass is 9.82. The number of nitrogens with zero attached hydrogens (tertiary/aromatic N) is 2. The molecule has 0 aliphatic heterocycles. The normalized spacial score (nSPS) is 22.1. The summed E-state index contributed by atoms with van der Waals surface area (Å²) in [7, 11) is 0. The van der Waals surface area contributed by atoms with Crippen LogP contribution < -0.4 is 5.32 Å². The number of nitrogens with one attached hydrogen (secondary N) is 1. The highest BCUT2D eigenvalue weighted by atomic mass is 16.4. The van der Waals surface area contributed by atoms with E-state index in [9.17, 15) is 9.59 Å². The number of carboxylic acids is 1. The SMILES string of the molecule is O=C(O)C1CC=CCC1C(=O)NCCn1cccn1. The van der Waals surface area contributed by atoms with E-state index in [-0.39, 0.29) is 5.91 Å². The number of carbonyl (C=O) groups excluding carboxylic acids is 1. The van der Waals surface area contributed by atoms with E-state index >= 15 is 0 Å². The topological polar surface area (TPSA) is 84.2 Å². The minimum absolute atomic E-state index is 0.191. The smallest absolute Gasteiger partial charge is 0.307 e. The lowest BCUT2D eigenvalue weighted by Crippen LogP contribution is -2.39. The van der Waals surface area contributed by atoms with Crippen LogP contribution in [0.15, 0.2) is 30.6 Å². The Morgan fingerprint density at radius 3 is 2.68 bits per heavy atom. The van der Waals surface area contributed by atoms with Gasteiger partial charge in [0.15, 0.2) is 0 Å². The fourth-order valence-electron chi connectivity index (χ4n) is 2.23. The number of allylic oxidation sites excluding steroid dienone is 2. The number of carbonyl (C=O) groups is 2. The first-order valence-corrected chi connectivity index (χ1v) is 6.31. The van der Waals surface area contributed by atoms with E-state index in [0.717, 1.165) is 0 Å². The lowest BCUT2D eigenvalue weighted by Gasteiger charge is -2.24. The molecule has 2 atom stereocenters. The van der Waals surface area contributed by atoms with Crippen molar-refractivity contribution in [3.8, 4) is 0 Å². The second-order valence-corrected chi connectivity index (χ2v) is 4.55. The molecule has 2 N–H and O–H groups in total. The summed E-state index contributed by atoms with van der Waals surface area (Å²) in [5.41, 5.74) is 0. The maximum Gasteiger partial charge on any atom is 0.307 e. The van der Waals surface area contributed by atoms with Gasteiger partial charge in [0.1, 0.15) is 0 Å². The van der Waals surface area contributed by atoms with E-state index in [2.05, 4.69) is 10.4 Å². The largest absolute Gasteiger partial charge is 0.481 e. The van der Waals surface area contributed by atoms with E-state index in [1.165, 1.54) is 0 Å². The third-order valence-corrected chi connectivity index (χ3v) is 3.29. The third kappa shape index (κ3) is 3.43. The van der Waals surface area contributed by atoms with Crippen molar-refractivity contribution in [3.05, 3.63) is 30.6 Å². The maximum absolute atomic E-state index is 12.0. The van der Waals surface area contributed by atoms with Gasteiger partial charge >= 0.3 is 5.97 Å². The summed E-state index contributed by atoms with van der Waals surface area (Å²) in [6, 6.07) is 1.81. The molecule has 102 valence electrons. The Morgan fingerprint density at radius 2 is 2.05 bits per heavy atom. The van der Waals surface area contributed by atoms with Crippen molar-refractivity contribution in [2.24, 2.45) is 11.8 Å². The van der Waals surface area contributed by atoms with E-state index in [0.29, 0.717) is 25.9 Å². The zero-order chi connectivity index (χ0) is 13.7. The second kappa shape index (κ2) is 6.17. The van der Waals surface area contributed by atoms with Crippen LogP contribution in [0.4, 0.5) is 0 Å². The van der Waals surface area contributed by atoms with Crippen LogP contribution in [-0.2, 0) is 16.1 Å². The van der Waals surface area contributed by atoms with Gasteiger partial charge in [-0.3, -0.25) is 14.3 Å². The molecule has 0 spiro atoms. The summed E-state index contributed by atoms with van der Waals surface area (Å²) >= 11 is 0. The van der Waals surface area contributed by atoms with Gasteiger partial charge in [-0.2, -0.15) is 5.10 Å². The molecule has 6 heteroatoms. The van der Waals surface area contributed by atoms with Gasteiger partial charge in [-0.25, -0.2) is 0 Å². The summed E-state index contributed by atoms with van der Waals surface area (Å²) in [5.74, 6) is -2.18. The van der Waals surface area contributed by atoms with Gasteiger partial charge in [0.25, 0.3) is 0 Å². The van der Waals surface area contributed by atoms with Crippen molar-refractivity contribution in [1.82, 2.24) is 15.1 Å². The van der Waals surface area contributed by atoms with E-state index in [1.807, 2.05) is 24.4 Å². The van der Waals surface area contributed by atoms with Crippen LogP contribution in [0, 0.1) is 11.8 Å². The summed E-state index contributed by atoms with van der Waals surface area (Å²) in [6.07, 6.45) is 8.10. The Labute approximate surface area is 111 Å². The number of rotatable bonds is 5.